The summed E-state index contributed by atoms with van der Waals surface area (Å²) in [6.45, 7) is 3.03. The molecule has 0 radical (unpaired) electrons. The monoisotopic (exact) mass is 791 g/mol. The van der Waals surface area contributed by atoms with Crippen LogP contribution in [0.15, 0.2) is 96.0 Å². The minimum Gasteiger partial charge on any atom is -0.497 e. The predicted molar refractivity (Wildman–Crippen MR) is 227 cm³/mol. The lowest BCUT2D eigenvalue weighted by molar-refractivity contribution is -0.132. The highest BCUT2D eigenvalue weighted by Crippen LogP contribution is 2.30. The first kappa shape index (κ1) is 39.8. The number of hydrogen-bond donors (Lipinski definition) is 3. The number of likely N-dealkylation sites (tertiary alicyclic amines) is 1. The maximum atomic E-state index is 14.3. The predicted octanol–water partition coefficient (Wildman–Crippen LogP) is 6.04. The molecule has 1 unspecified atom stereocenters. The maximum absolute atomic E-state index is 14.3. The van der Waals surface area contributed by atoms with Crippen molar-refractivity contribution in [3.8, 4) is 5.75 Å². The fourth-order valence-corrected chi connectivity index (χ4v) is 9.57. The molecular formula is C44H53N7O5S. The Balaban J connectivity index is 1.11. The van der Waals surface area contributed by atoms with Crippen molar-refractivity contribution in [3.05, 3.63) is 108 Å². The number of fused-ring (bicyclic) bond motifs is 2. The number of hydrogen-bond acceptors (Lipinski definition) is 7. The van der Waals surface area contributed by atoms with Crippen LogP contribution in [-0.4, -0.2) is 93.3 Å². The quantitative estimate of drug-likeness (QED) is 0.0916. The molecule has 2 amide bonds. The van der Waals surface area contributed by atoms with Crippen LogP contribution in [0.2, 0.25) is 0 Å². The lowest BCUT2D eigenvalue weighted by atomic mass is 9.82. The van der Waals surface area contributed by atoms with Gasteiger partial charge in [-0.3, -0.25) is 19.3 Å². The molecule has 7 rings (SSSR count). The Hall–Kier alpha value is -5.40. The molecule has 13 heteroatoms. The van der Waals surface area contributed by atoms with Crippen LogP contribution in [0.5, 0.6) is 5.75 Å². The first-order valence-corrected chi connectivity index (χ1v) is 21.3. The third-order valence-corrected chi connectivity index (χ3v) is 12.6. The van der Waals surface area contributed by atoms with E-state index in [4.69, 9.17) is 15.5 Å². The molecule has 0 spiro atoms. The average molecular weight is 792 g/mol. The summed E-state index contributed by atoms with van der Waals surface area (Å²) in [7, 11) is 1.40. The lowest BCUT2D eigenvalue weighted by Gasteiger charge is -2.29. The van der Waals surface area contributed by atoms with Crippen LogP contribution in [0.3, 0.4) is 0 Å². The highest BCUT2D eigenvalue weighted by Gasteiger charge is 2.32. The zero-order chi connectivity index (χ0) is 40.1. The van der Waals surface area contributed by atoms with Crippen LogP contribution in [0, 0.1) is 11.8 Å². The van der Waals surface area contributed by atoms with E-state index in [9.17, 15) is 18.0 Å². The van der Waals surface area contributed by atoms with Crippen LogP contribution in [-0.2, 0) is 21.4 Å². The summed E-state index contributed by atoms with van der Waals surface area (Å²) >= 11 is 0. The Bertz CT molecular complexity index is 2360. The molecule has 1 saturated carbocycles. The van der Waals surface area contributed by atoms with Gasteiger partial charge in [0.25, 0.3) is 5.91 Å². The number of amidine groups is 1. The number of rotatable bonds is 14. The third-order valence-electron chi connectivity index (χ3n) is 11.3. The molecule has 300 valence electrons. The smallest absolute Gasteiger partial charge is 0.328 e. The molecule has 5 aromatic rings. The molecule has 1 aliphatic carbocycles. The van der Waals surface area contributed by atoms with Crippen molar-refractivity contribution < 1.29 is 22.7 Å². The Labute approximate surface area is 335 Å². The molecule has 1 aliphatic heterocycles. The van der Waals surface area contributed by atoms with E-state index in [2.05, 4.69) is 29.0 Å². The fourth-order valence-electron chi connectivity index (χ4n) is 8.23. The highest BCUT2D eigenvalue weighted by atomic mass is 32.2. The van der Waals surface area contributed by atoms with Gasteiger partial charge in [-0.1, -0.05) is 54.6 Å². The second-order valence-electron chi connectivity index (χ2n) is 15.7. The molecule has 2 heterocycles. The number of carbonyl (C=O) groups is 2. The number of aromatic nitrogens is 1. The van der Waals surface area contributed by atoms with E-state index >= 15 is 0 Å². The standard InChI is InChI=1S/C44H53N7O5S/c1-49(2)29-32-12-10-31(11-13-32)28-46-42(45)34-16-14-30(15-17-34)24-39(44(53)50-22-6-7-23-50)47-43(52)41-27-36-26-38(56-3)20-21-40(36)51(41)57(54,55)48-37-19-18-33-8-4-5-9-35(33)25-37/h4-5,8-9,14-21,25-27,31-32,39,48H,6-7,10-13,22-24,28-29H2,1-3H3,(H2,45,46)(H,47,52). The number of amides is 2. The van der Waals surface area contributed by atoms with Gasteiger partial charge in [0.05, 0.1) is 18.3 Å². The topological polar surface area (TPSA) is 151 Å². The summed E-state index contributed by atoms with van der Waals surface area (Å²) in [5.41, 5.74) is 8.55. The van der Waals surface area contributed by atoms with Gasteiger partial charge in [-0.2, -0.15) is 8.42 Å². The normalized spacial score (nSPS) is 18.2. The number of aliphatic imine (C=N–C) groups is 1. The molecule has 57 heavy (non-hydrogen) atoms. The van der Waals surface area contributed by atoms with Crippen molar-refractivity contribution in [2.45, 2.75) is 51.0 Å². The molecule has 4 aromatic carbocycles. The summed E-state index contributed by atoms with van der Waals surface area (Å²) in [5.74, 6) is 1.36. The van der Waals surface area contributed by atoms with Crippen LogP contribution in [0.25, 0.3) is 21.7 Å². The molecule has 12 nitrogen and oxygen atoms in total. The van der Waals surface area contributed by atoms with E-state index in [1.54, 1.807) is 35.2 Å². The number of anilines is 1. The average Bonchev–Trinajstić information content (AvgIpc) is 3.89. The zero-order valence-corrected chi connectivity index (χ0v) is 33.8. The van der Waals surface area contributed by atoms with Crippen molar-refractivity contribution in [1.29, 1.82) is 0 Å². The Kier molecular flexibility index (Phi) is 12.2. The van der Waals surface area contributed by atoms with Gasteiger partial charge >= 0.3 is 10.2 Å². The molecule has 1 atom stereocenters. The summed E-state index contributed by atoms with van der Waals surface area (Å²) in [6, 6.07) is 26.0. The Morgan fingerprint density at radius 3 is 2.28 bits per heavy atom. The van der Waals surface area contributed by atoms with Crippen molar-refractivity contribution >= 4 is 55.2 Å². The molecule has 1 saturated heterocycles. The number of benzene rings is 4. The van der Waals surface area contributed by atoms with E-state index in [1.807, 2.05) is 54.6 Å². The Morgan fingerprint density at radius 2 is 1.58 bits per heavy atom. The van der Waals surface area contributed by atoms with Gasteiger partial charge < -0.3 is 25.6 Å². The minimum atomic E-state index is -4.38. The molecular weight excluding hydrogens is 739 g/mol. The first-order chi connectivity index (χ1) is 27.5. The van der Waals surface area contributed by atoms with Crippen LogP contribution in [0.4, 0.5) is 5.69 Å². The number of carbonyl (C=O) groups excluding carboxylic acids is 2. The second kappa shape index (κ2) is 17.4. The highest BCUT2D eigenvalue weighted by molar-refractivity contribution is 7.91. The lowest BCUT2D eigenvalue weighted by Crippen LogP contribution is -2.49. The van der Waals surface area contributed by atoms with Crippen LogP contribution < -0.4 is 20.5 Å². The van der Waals surface area contributed by atoms with Gasteiger partial charge in [0, 0.05) is 43.5 Å². The fraction of sp³-hybridized carbons (Fsp3) is 0.386. The molecule has 2 aliphatic rings. The van der Waals surface area contributed by atoms with Crippen molar-refractivity contribution in [3.63, 3.8) is 0 Å². The number of ether oxygens (including phenoxy) is 1. The molecule has 4 N–H and O–H groups in total. The summed E-state index contributed by atoms with van der Waals surface area (Å²) < 4.78 is 37.5. The maximum Gasteiger partial charge on any atom is 0.328 e. The van der Waals surface area contributed by atoms with Crippen LogP contribution >= 0.6 is 0 Å². The van der Waals surface area contributed by atoms with Crippen LogP contribution in [0.1, 0.15) is 60.1 Å². The van der Waals surface area contributed by atoms with E-state index < -0.39 is 22.2 Å². The van der Waals surface area contributed by atoms with Gasteiger partial charge in [-0.25, -0.2) is 3.97 Å². The van der Waals surface area contributed by atoms with Crippen molar-refractivity contribution in [1.82, 2.24) is 19.1 Å². The number of methoxy groups -OCH3 is 1. The van der Waals surface area contributed by atoms with Gasteiger partial charge in [0.15, 0.2) is 0 Å². The van der Waals surface area contributed by atoms with E-state index in [-0.39, 0.29) is 23.5 Å². The van der Waals surface area contributed by atoms with Crippen molar-refractivity contribution in [2.75, 3.05) is 52.1 Å². The SMILES string of the molecule is COc1ccc2c(c1)cc(C(=O)NC(Cc1ccc(C(N)=NCC3CCC(CN(C)C)CC3)cc1)C(=O)N1CCCC1)n2S(=O)(=O)Nc1ccc2ccccc2c1. The van der Waals surface area contributed by atoms with Gasteiger partial charge in [-0.05, 0) is 117 Å². The number of nitrogens with two attached hydrogens (primary N) is 1. The minimum absolute atomic E-state index is 0.142. The molecule has 0 bridgehead atoms. The first-order valence-electron chi connectivity index (χ1n) is 19.8. The van der Waals surface area contributed by atoms with E-state index in [1.165, 1.54) is 26.0 Å². The second-order valence-corrected chi connectivity index (χ2v) is 17.2. The zero-order valence-electron chi connectivity index (χ0n) is 33.0. The Morgan fingerprint density at radius 1 is 0.877 bits per heavy atom. The summed E-state index contributed by atoms with van der Waals surface area (Å²) in [5, 5.41) is 5.23. The third kappa shape index (κ3) is 9.43. The molecule has 2 fully saturated rings. The number of nitrogens with zero attached hydrogens (tertiary/aromatic N) is 4. The van der Waals surface area contributed by atoms with Gasteiger partial charge in [0.2, 0.25) is 5.91 Å². The van der Waals surface area contributed by atoms with Crippen molar-refractivity contribution in [2.24, 2.45) is 22.6 Å². The largest absolute Gasteiger partial charge is 0.497 e. The van der Waals surface area contributed by atoms with Gasteiger partial charge in [0.1, 0.15) is 23.3 Å². The van der Waals surface area contributed by atoms with E-state index in [0.717, 1.165) is 64.0 Å². The molecule has 1 aromatic heterocycles. The summed E-state index contributed by atoms with van der Waals surface area (Å²) in [6.07, 6.45) is 6.72. The van der Waals surface area contributed by atoms with E-state index in [0.29, 0.717) is 48.2 Å². The summed E-state index contributed by atoms with van der Waals surface area (Å²) in [4.78, 5) is 37.1. The van der Waals surface area contributed by atoms with Gasteiger partial charge in [-0.15, -0.1) is 0 Å². The number of nitrogens with one attached hydrogen (secondary N) is 2.